The van der Waals surface area contributed by atoms with Crippen molar-refractivity contribution in [1.82, 2.24) is 4.31 Å². The van der Waals surface area contributed by atoms with Crippen molar-refractivity contribution in [2.45, 2.75) is 18.4 Å². The van der Waals surface area contributed by atoms with Crippen molar-refractivity contribution in [2.24, 2.45) is 0 Å². The Morgan fingerprint density at radius 3 is 2.42 bits per heavy atom. The minimum Gasteiger partial charge on any atom is -0.325 e. The van der Waals surface area contributed by atoms with Gasteiger partial charge in [0.25, 0.3) is 0 Å². The molecule has 31 heavy (non-hydrogen) atoms. The maximum Gasteiger partial charge on any atom is 0.243 e. The van der Waals surface area contributed by atoms with Crippen LogP contribution in [0.2, 0.25) is 10.0 Å². The Bertz CT molecular complexity index is 1200. The Balaban J connectivity index is 1.91. The number of carbonyl (C=O) groups excluding carboxylic acids is 1. The Morgan fingerprint density at radius 1 is 1.03 bits per heavy atom. The van der Waals surface area contributed by atoms with Gasteiger partial charge in [-0.25, -0.2) is 12.8 Å². The average Bonchev–Trinajstić information content (AvgIpc) is 2.72. The van der Waals surface area contributed by atoms with E-state index in [2.05, 4.69) is 5.32 Å². The molecule has 0 atom stereocenters. The molecule has 162 valence electrons. The van der Waals surface area contributed by atoms with E-state index in [0.29, 0.717) is 16.1 Å². The zero-order valence-corrected chi connectivity index (χ0v) is 18.8. The Kier molecular flexibility index (Phi) is 7.33. The van der Waals surface area contributed by atoms with Gasteiger partial charge in [0.2, 0.25) is 15.9 Å². The lowest BCUT2D eigenvalue weighted by Crippen LogP contribution is -2.37. The van der Waals surface area contributed by atoms with E-state index in [1.807, 2.05) is 0 Å². The van der Waals surface area contributed by atoms with Crippen molar-refractivity contribution in [1.29, 1.82) is 0 Å². The van der Waals surface area contributed by atoms with Crippen LogP contribution in [0.4, 0.5) is 10.1 Å². The molecule has 1 amide bonds. The third-order valence-corrected chi connectivity index (χ3v) is 6.93. The number of carbonyl (C=O) groups is 1. The molecule has 0 radical (unpaired) electrons. The molecule has 0 saturated carbocycles. The van der Waals surface area contributed by atoms with Crippen LogP contribution in [-0.2, 0) is 21.4 Å². The maximum absolute atomic E-state index is 13.6. The summed E-state index contributed by atoms with van der Waals surface area (Å²) in [6, 6.07) is 16.4. The SMILES string of the molecule is Cc1ccc(F)cc1NC(=O)CN(Cc1ccc(Cl)cc1Cl)S(=O)(=O)c1ccccc1. The number of aryl methyl sites for hydroxylation is 1. The summed E-state index contributed by atoms with van der Waals surface area (Å²) in [5.41, 5.74) is 1.40. The molecule has 1 N–H and O–H groups in total. The summed E-state index contributed by atoms with van der Waals surface area (Å²) >= 11 is 12.2. The quantitative estimate of drug-likeness (QED) is 0.500. The molecule has 0 aliphatic heterocycles. The Morgan fingerprint density at radius 2 is 1.74 bits per heavy atom. The van der Waals surface area contributed by atoms with Crippen LogP contribution in [0.5, 0.6) is 0 Å². The number of hydrogen-bond donors (Lipinski definition) is 1. The van der Waals surface area contributed by atoms with Gasteiger partial charge in [-0.05, 0) is 54.4 Å². The number of benzene rings is 3. The first-order chi connectivity index (χ1) is 14.7. The van der Waals surface area contributed by atoms with Crippen molar-refractivity contribution in [3.8, 4) is 0 Å². The number of halogens is 3. The van der Waals surface area contributed by atoms with Gasteiger partial charge in [0.1, 0.15) is 5.82 Å². The van der Waals surface area contributed by atoms with E-state index in [1.54, 1.807) is 37.3 Å². The molecule has 0 spiro atoms. The van der Waals surface area contributed by atoms with Crippen molar-refractivity contribution in [2.75, 3.05) is 11.9 Å². The van der Waals surface area contributed by atoms with Gasteiger partial charge < -0.3 is 5.32 Å². The highest BCUT2D eigenvalue weighted by Crippen LogP contribution is 2.25. The van der Waals surface area contributed by atoms with Gasteiger partial charge in [-0.3, -0.25) is 4.79 Å². The Hall–Kier alpha value is -2.45. The molecule has 3 aromatic carbocycles. The zero-order chi connectivity index (χ0) is 22.6. The monoisotopic (exact) mass is 480 g/mol. The molecule has 0 aliphatic rings. The number of nitrogens with one attached hydrogen (secondary N) is 1. The lowest BCUT2D eigenvalue weighted by atomic mass is 10.2. The van der Waals surface area contributed by atoms with E-state index in [4.69, 9.17) is 23.2 Å². The fourth-order valence-electron chi connectivity index (χ4n) is 2.89. The van der Waals surface area contributed by atoms with E-state index >= 15 is 0 Å². The highest BCUT2D eigenvalue weighted by Gasteiger charge is 2.27. The van der Waals surface area contributed by atoms with Crippen LogP contribution in [0.25, 0.3) is 0 Å². The molecule has 3 rings (SSSR count). The van der Waals surface area contributed by atoms with E-state index in [0.717, 1.165) is 4.31 Å². The molecule has 0 fully saturated rings. The van der Waals surface area contributed by atoms with Crippen molar-refractivity contribution in [3.05, 3.63) is 93.7 Å². The van der Waals surface area contributed by atoms with Crippen molar-refractivity contribution >= 4 is 44.8 Å². The summed E-state index contributed by atoms with van der Waals surface area (Å²) in [6.45, 7) is 1.07. The molecule has 0 aromatic heterocycles. The summed E-state index contributed by atoms with van der Waals surface area (Å²) in [7, 11) is -4.02. The van der Waals surface area contributed by atoms with Gasteiger partial charge in [0, 0.05) is 22.3 Å². The normalized spacial score (nSPS) is 11.5. The summed E-state index contributed by atoms with van der Waals surface area (Å²) < 4.78 is 41.0. The molecule has 0 unspecified atom stereocenters. The molecule has 3 aromatic rings. The number of anilines is 1. The predicted octanol–water partition coefficient (Wildman–Crippen LogP) is 5.27. The second-order valence-electron chi connectivity index (χ2n) is 6.83. The lowest BCUT2D eigenvalue weighted by molar-refractivity contribution is -0.116. The zero-order valence-electron chi connectivity index (χ0n) is 16.5. The number of amides is 1. The highest BCUT2D eigenvalue weighted by molar-refractivity contribution is 7.89. The van der Waals surface area contributed by atoms with E-state index in [9.17, 15) is 17.6 Å². The second-order valence-corrected chi connectivity index (χ2v) is 9.61. The molecular formula is C22H19Cl2FN2O3S. The first kappa shape index (κ1) is 23.2. The lowest BCUT2D eigenvalue weighted by Gasteiger charge is -2.23. The van der Waals surface area contributed by atoms with Crippen LogP contribution in [0.1, 0.15) is 11.1 Å². The summed E-state index contributed by atoms with van der Waals surface area (Å²) in [5.74, 6) is -1.12. The van der Waals surface area contributed by atoms with Gasteiger partial charge in [-0.1, -0.05) is 53.5 Å². The van der Waals surface area contributed by atoms with Crippen LogP contribution in [0.3, 0.4) is 0 Å². The molecule has 5 nitrogen and oxygen atoms in total. The van der Waals surface area contributed by atoms with Gasteiger partial charge in [0.15, 0.2) is 0 Å². The third-order valence-electron chi connectivity index (χ3n) is 4.54. The summed E-state index contributed by atoms with van der Waals surface area (Å²) in [4.78, 5) is 12.7. The molecule has 0 saturated heterocycles. The van der Waals surface area contributed by atoms with Crippen LogP contribution >= 0.6 is 23.2 Å². The average molecular weight is 481 g/mol. The fraction of sp³-hybridized carbons (Fsp3) is 0.136. The fourth-order valence-corrected chi connectivity index (χ4v) is 4.75. The van der Waals surface area contributed by atoms with Crippen LogP contribution in [0.15, 0.2) is 71.6 Å². The second kappa shape index (κ2) is 9.78. The van der Waals surface area contributed by atoms with Gasteiger partial charge in [-0.2, -0.15) is 4.31 Å². The molecule has 0 aliphatic carbocycles. The predicted molar refractivity (Wildman–Crippen MR) is 120 cm³/mol. The third kappa shape index (κ3) is 5.83. The van der Waals surface area contributed by atoms with Gasteiger partial charge in [0.05, 0.1) is 11.4 Å². The van der Waals surface area contributed by atoms with Crippen LogP contribution in [0, 0.1) is 12.7 Å². The summed E-state index contributed by atoms with van der Waals surface area (Å²) in [5, 5.41) is 3.26. The minimum absolute atomic E-state index is 0.0369. The number of rotatable bonds is 7. The van der Waals surface area contributed by atoms with Crippen molar-refractivity contribution in [3.63, 3.8) is 0 Å². The number of hydrogen-bond acceptors (Lipinski definition) is 3. The maximum atomic E-state index is 13.6. The first-order valence-electron chi connectivity index (χ1n) is 9.22. The topological polar surface area (TPSA) is 66.5 Å². The Labute approximate surface area is 190 Å². The standard InChI is InChI=1S/C22H19Cl2FN2O3S/c1-15-7-10-18(25)12-21(15)26-22(28)14-27(13-16-8-9-17(23)11-20(16)24)31(29,30)19-5-3-2-4-6-19/h2-12H,13-14H2,1H3,(H,26,28). The van der Waals surface area contributed by atoms with Crippen molar-refractivity contribution < 1.29 is 17.6 Å². The van der Waals surface area contributed by atoms with Crippen LogP contribution in [-0.4, -0.2) is 25.2 Å². The van der Waals surface area contributed by atoms with E-state index in [-0.39, 0.29) is 22.2 Å². The smallest absolute Gasteiger partial charge is 0.243 e. The minimum atomic E-state index is -4.02. The first-order valence-corrected chi connectivity index (χ1v) is 11.4. The van der Waals surface area contributed by atoms with E-state index < -0.39 is 28.3 Å². The molecule has 0 bridgehead atoms. The van der Waals surface area contributed by atoms with Crippen LogP contribution < -0.4 is 5.32 Å². The summed E-state index contributed by atoms with van der Waals surface area (Å²) in [6.07, 6.45) is 0. The van der Waals surface area contributed by atoms with Gasteiger partial charge >= 0.3 is 0 Å². The number of nitrogens with zero attached hydrogens (tertiary/aromatic N) is 1. The highest BCUT2D eigenvalue weighted by atomic mass is 35.5. The van der Waals surface area contributed by atoms with Gasteiger partial charge in [-0.15, -0.1) is 0 Å². The number of sulfonamides is 1. The molecular weight excluding hydrogens is 462 g/mol. The molecule has 9 heteroatoms. The van der Waals surface area contributed by atoms with E-state index in [1.165, 1.54) is 36.4 Å². The largest absolute Gasteiger partial charge is 0.325 e. The molecule has 0 heterocycles.